The molecule has 4 rings (SSSR count). The van der Waals surface area contributed by atoms with Crippen LogP contribution in [0, 0.1) is 28.1 Å². The molecule has 0 aromatic heterocycles. The number of aliphatic hydroxyl groups is 2. The van der Waals surface area contributed by atoms with Crippen LogP contribution in [0.2, 0.25) is 0 Å². The van der Waals surface area contributed by atoms with E-state index in [2.05, 4.69) is 6.58 Å². The van der Waals surface area contributed by atoms with Crippen molar-refractivity contribution >= 4 is 11.9 Å². The fourth-order valence-corrected chi connectivity index (χ4v) is 7.96. The lowest BCUT2D eigenvalue weighted by Crippen LogP contribution is -2.72. The van der Waals surface area contributed by atoms with E-state index in [9.17, 15) is 24.9 Å². The number of esters is 1. The highest BCUT2D eigenvalue weighted by molar-refractivity contribution is 5.88. The SMILES string of the molecule is C=C1[C@@H]2CC[C@]3(O)[C@@](CC[C@@H]4[C@](C)(C(=O)O)[C@@H](O)CC[C@]43C)(C2)[C@H]1OC(=O)/C(C)=C/C. The average molecular weight is 433 g/mol. The van der Waals surface area contributed by atoms with Gasteiger partial charge in [-0.1, -0.05) is 19.6 Å². The van der Waals surface area contributed by atoms with Crippen LogP contribution in [0.5, 0.6) is 0 Å². The Morgan fingerprint density at radius 1 is 1.16 bits per heavy atom. The van der Waals surface area contributed by atoms with Crippen LogP contribution in [0.3, 0.4) is 0 Å². The maximum absolute atomic E-state index is 12.7. The van der Waals surface area contributed by atoms with E-state index in [0.29, 0.717) is 44.1 Å². The second kappa shape index (κ2) is 6.92. The number of hydrogen-bond donors (Lipinski definition) is 3. The lowest BCUT2D eigenvalue weighted by atomic mass is 9.38. The molecular weight excluding hydrogens is 396 g/mol. The van der Waals surface area contributed by atoms with Crippen molar-refractivity contribution in [3.05, 3.63) is 23.8 Å². The number of aliphatic hydroxyl groups excluding tert-OH is 1. The molecule has 0 heterocycles. The molecule has 4 aliphatic carbocycles. The largest absolute Gasteiger partial charge is 0.481 e. The number of carbonyl (C=O) groups is 2. The zero-order valence-corrected chi connectivity index (χ0v) is 19.1. The third-order valence-electron chi connectivity index (χ3n) is 10.0. The molecule has 0 radical (unpaired) electrons. The number of carboxylic acid groups (broad SMARTS) is 1. The molecule has 0 aromatic rings. The molecule has 6 nitrogen and oxygen atoms in total. The zero-order chi connectivity index (χ0) is 23.0. The molecule has 8 atom stereocenters. The van der Waals surface area contributed by atoms with Gasteiger partial charge in [0.05, 0.1) is 17.1 Å². The molecule has 4 fully saturated rings. The number of rotatable bonds is 3. The van der Waals surface area contributed by atoms with Crippen molar-refractivity contribution in [3.63, 3.8) is 0 Å². The van der Waals surface area contributed by atoms with Gasteiger partial charge in [-0.2, -0.15) is 0 Å². The molecule has 0 aromatic carbocycles. The van der Waals surface area contributed by atoms with Crippen LogP contribution in [-0.2, 0) is 14.3 Å². The molecule has 3 N–H and O–H groups in total. The third-order valence-corrected chi connectivity index (χ3v) is 10.0. The van der Waals surface area contributed by atoms with Gasteiger partial charge in [0.2, 0.25) is 0 Å². The summed E-state index contributed by atoms with van der Waals surface area (Å²) in [5.41, 5.74) is -2.47. The first-order chi connectivity index (χ1) is 14.4. The van der Waals surface area contributed by atoms with E-state index in [0.717, 1.165) is 12.0 Å². The van der Waals surface area contributed by atoms with E-state index >= 15 is 0 Å². The summed E-state index contributed by atoms with van der Waals surface area (Å²) in [5, 5.41) is 33.3. The summed E-state index contributed by atoms with van der Waals surface area (Å²) < 4.78 is 6.03. The fourth-order valence-electron chi connectivity index (χ4n) is 7.96. The molecule has 0 unspecified atom stereocenters. The van der Waals surface area contributed by atoms with Crippen LogP contribution in [-0.4, -0.2) is 45.1 Å². The highest BCUT2D eigenvalue weighted by atomic mass is 16.5. The lowest BCUT2D eigenvalue weighted by Gasteiger charge is -2.68. The standard InChI is InChI=1S/C25H36O6/c1-6-14(2)20(27)31-19-15(3)16-7-12-25(30)22(4)10-9-18(26)23(5,21(28)29)17(22)8-11-24(19,25)13-16/h6,16-19,26,30H,3,7-13H2,1-2,4-5H3,(H,28,29)/b14-6+/t16-,17+,18+,19+,22-,23+,24+,25-/m1/s1. The van der Waals surface area contributed by atoms with E-state index < -0.39 is 40.0 Å². The Morgan fingerprint density at radius 3 is 2.45 bits per heavy atom. The first-order valence-electron chi connectivity index (χ1n) is 11.6. The van der Waals surface area contributed by atoms with Gasteiger partial charge < -0.3 is 20.1 Å². The Morgan fingerprint density at radius 2 is 1.84 bits per heavy atom. The summed E-state index contributed by atoms with van der Waals surface area (Å²) in [7, 11) is 0. The quantitative estimate of drug-likeness (QED) is 0.358. The first-order valence-corrected chi connectivity index (χ1v) is 11.6. The minimum atomic E-state index is -1.31. The van der Waals surface area contributed by atoms with Crippen LogP contribution in [0.1, 0.15) is 72.6 Å². The average Bonchev–Trinajstić information content (AvgIpc) is 2.95. The molecule has 0 aliphatic heterocycles. The summed E-state index contributed by atoms with van der Waals surface area (Å²) in [6.07, 6.45) is 4.20. The van der Waals surface area contributed by atoms with Crippen LogP contribution >= 0.6 is 0 Å². The van der Waals surface area contributed by atoms with E-state index in [-0.39, 0.29) is 17.8 Å². The molecule has 6 heteroatoms. The van der Waals surface area contributed by atoms with Gasteiger partial charge in [0.25, 0.3) is 0 Å². The number of hydrogen-bond acceptors (Lipinski definition) is 5. The maximum Gasteiger partial charge on any atom is 0.333 e. The molecular formula is C25H36O6. The Hall–Kier alpha value is -1.66. The van der Waals surface area contributed by atoms with Crippen molar-refractivity contribution in [1.82, 2.24) is 0 Å². The van der Waals surface area contributed by atoms with Crippen molar-refractivity contribution in [1.29, 1.82) is 0 Å². The Bertz CT molecular complexity index is 862. The second-order valence-electron chi connectivity index (χ2n) is 10.9. The molecule has 0 saturated heterocycles. The minimum absolute atomic E-state index is 0.198. The fraction of sp³-hybridized carbons (Fsp3) is 0.760. The van der Waals surface area contributed by atoms with E-state index in [1.807, 2.05) is 6.92 Å². The van der Waals surface area contributed by atoms with Gasteiger partial charge in [-0.15, -0.1) is 0 Å². The molecule has 31 heavy (non-hydrogen) atoms. The van der Waals surface area contributed by atoms with E-state index in [1.54, 1.807) is 26.8 Å². The lowest BCUT2D eigenvalue weighted by molar-refractivity contribution is -0.288. The zero-order valence-electron chi connectivity index (χ0n) is 19.1. The summed E-state index contributed by atoms with van der Waals surface area (Å²) in [4.78, 5) is 25.1. The normalized spacial score (nSPS) is 49.2. The predicted octanol–water partition coefficient (Wildman–Crippen LogP) is 3.61. The molecule has 0 amide bonds. The molecule has 4 saturated carbocycles. The predicted molar refractivity (Wildman–Crippen MR) is 115 cm³/mol. The van der Waals surface area contributed by atoms with Gasteiger partial charge in [-0.05, 0) is 83.1 Å². The van der Waals surface area contributed by atoms with Crippen LogP contribution in [0.15, 0.2) is 23.8 Å². The van der Waals surface area contributed by atoms with Crippen molar-refractivity contribution in [2.24, 2.45) is 28.1 Å². The van der Waals surface area contributed by atoms with Gasteiger partial charge in [0.1, 0.15) is 6.10 Å². The van der Waals surface area contributed by atoms with Crippen LogP contribution in [0.25, 0.3) is 0 Å². The van der Waals surface area contributed by atoms with E-state index in [4.69, 9.17) is 4.74 Å². The summed E-state index contributed by atoms with van der Waals surface area (Å²) >= 11 is 0. The molecule has 4 aliphatic rings. The van der Waals surface area contributed by atoms with Crippen LogP contribution < -0.4 is 0 Å². The van der Waals surface area contributed by atoms with Crippen molar-refractivity contribution in [2.45, 2.75) is 90.4 Å². The van der Waals surface area contributed by atoms with Crippen LogP contribution in [0.4, 0.5) is 0 Å². The van der Waals surface area contributed by atoms with Gasteiger partial charge >= 0.3 is 11.9 Å². The highest BCUT2D eigenvalue weighted by Gasteiger charge is 2.76. The third kappa shape index (κ3) is 2.58. The second-order valence-corrected chi connectivity index (χ2v) is 10.9. The monoisotopic (exact) mass is 432 g/mol. The minimum Gasteiger partial charge on any atom is -0.481 e. The smallest absolute Gasteiger partial charge is 0.333 e. The maximum atomic E-state index is 12.7. The highest BCUT2D eigenvalue weighted by Crippen LogP contribution is 2.74. The summed E-state index contributed by atoms with van der Waals surface area (Å²) in [6, 6.07) is 0. The Balaban J connectivity index is 1.81. The number of aliphatic carboxylic acids is 1. The van der Waals surface area contributed by atoms with Gasteiger partial charge in [-0.3, -0.25) is 4.79 Å². The van der Waals surface area contributed by atoms with Gasteiger partial charge in [0, 0.05) is 16.4 Å². The first kappa shape index (κ1) is 22.5. The Labute approximate surface area is 184 Å². The molecule has 2 bridgehead atoms. The number of ether oxygens (including phenoxy) is 1. The van der Waals surface area contributed by atoms with Crippen molar-refractivity contribution in [3.8, 4) is 0 Å². The molecule has 172 valence electrons. The Kier molecular flexibility index (Phi) is 5.03. The van der Waals surface area contributed by atoms with Gasteiger partial charge in [-0.25, -0.2) is 4.79 Å². The number of fused-ring (bicyclic) bond motifs is 3. The number of carbonyl (C=O) groups excluding carboxylic acids is 1. The number of allylic oxidation sites excluding steroid dienone is 1. The van der Waals surface area contributed by atoms with Crippen molar-refractivity contribution in [2.75, 3.05) is 0 Å². The van der Waals surface area contributed by atoms with Gasteiger partial charge in [0.15, 0.2) is 0 Å². The summed E-state index contributed by atoms with van der Waals surface area (Å²) in [5.74, 6) is -1.56. The topological polar surface area (TPSA) is 104 Å². The molecule has 1 spiro atoms. The van der Waals surface area contributed by atoms with E-state index in [1.165, 1.54) is 0 Å². The van der Waals surface area contributed by atoms with Crippen molar-refractivity contribution < 1.29 is 29.6 Å². The number of carboxylic acids is 1. The summed E-state index contributed by atoms with van der Waals surface area (Å²) in [6.45, 7) is 11.4.